The lowest BCUT2D eigenvalue weighted by atomic mass is 9.96. The third kappa shape index (κ3) is 4.69. The van der Waals surface area contributed by atoms with E-state index in [4.69, 9.17) is 18.8 Å². The highest BCUT2D eigenvalue weighted by molar-refractivity contribution is 6.10. The Labute approximate surface area is 287 Å². The van der Waals surface area contributed by atoms with Crippen LogP contribution in [0.5, 0.6) is 0 Å². The van der Waals surface area contributed by atoms with Crippen LogP contribution < -0.4 is 0 Å². The molecule has 0 spiro atoms. The van der Waals surface area contributed by atoms with Crippen molar-refractivity contribution in [1.82, 2.24) is 9.97 Å². The second-order valence-corrected chi connectivity index (χ2v) is 12.6. The number of aromatic nitrogens is 2. The molecule has 10 aromatic rings. The van der Waals surface area contributed by atoms with Gasteiger partial charge in [-0.15, -0.1) is 0 Å². The Hall–Kier alpha value is -6.78. The standard InChI is InChI=1S/C46H28N2O2/c1-2-12-29(13-3-1)30-14-10-19-35(28-30)46-47-42(45-43(48-46)39-21-5-7-25-41(39)50-45)34-18-9-16-32(27-34)31-15-8-17-33(26-31)36-22-11-23-38-37-20-4-6-24-40(37)49-44(36)38/h1-28H. The molecule has 0 radical (unpaired) electrons. The van der Waals surface area contributed by atoms with Crippen LogP contribution in [0, 0.1) is 0 Å². The molecule has 0 aliphatic rings. The van der Waals surface area contributed by atoms with Gasteiger partial charge in [0.05, 0.1) is 0 Å². The minimum Gasteiger partial charge on any atom is -0.455 e. The molecule has 3 heterocycles. The molecule has 50 heavy (non-hydrogen) atoms. The third-order valence-electron chi connectivity index (χ3n) is 9.49. The van der Waals surface area contributed by atoms with E-state index in [1.54, 1.807) is 0 Å². The van der Waals surface area contributed by atoms with Crippen molar-refractivity contribution >= 4 is 44.0 Å². The van der Waals surface area contributed by atoms with Crippen LogP contribution in [0.4, 0.5) is 0 Å². The quantitative estimate of drug-likeness (QED) is 0.188. The van der Waals surface area contributed by atoms with E-state index in [0.717, 1.165) is 88.6 Å². The summed E-state index contributed by atoms with van der Waals surface area (Å²) in [7, 11) is 0. The van der Waals surface area contributed by atoms with Gasteiger partial charge in [-0.25, -0.2) is 9.97 Å². The molecule has 0 N–H and O–H groups in total. The number of fused-ring (bicyclic) bond motifs is 6. The third-order valence-corrected chi connectivity index (χ3v) is 9.49. The second kappa shape index (κ2) is 11.4. The smallest absolute Gasteiger partial charge is 0.180 e. The van der Waals surface area contributed by atoms with Crippen LogP contribution >= 0.6 is 0 Å². The maximum Gasteiger partial charge on any atom is 0.180 e. The fraction of sp³-hybridized carbons (Fsp3) is 0. The Bertz CT molecular complexity index is 2880. The van der Waals surface area contributed by atoms with Gasteiger partial charge in [0.25, 0.3) is 0 Å². The predicted octanol–water partition coefficient (Wildman–Crippen LogP) is 12.6. The van der Waals surface area contributed by atoms with Gasteiger partial charge >= 0.3 is 0 Å². The first-order chi connectivity index (χ1) is 24.8. The molecular weight excluding hydrogens is 613 g/mol. The Morgan fingerprint density at radius 1 is 0.340 bits per heavy atom. The number of hydrogen-bond acceptors (Lipinski definition) is 4. The molecule has 3 aromatic heterocycles. The average molecular weight is 641 g/mol. The molecule has 4 heteroatoms. The fourth-order valence-electron chi connectivity index (χ4n) is 7.07. The maximum atomic E-state index is 6.47. The molecule has 234 valence electrons. The Kier molecular flexibility index (Phi) is 6.46. The van der Waals surface area contributed by atoms with Gasteiger partial charge in [0.1, 0.15) is 28.0 Å². The molecular formula is C46H28N2O2. The Morgan fingerprint density at radius 3 is 1.66 bits per heavy atom. The Morgan fingerprint density at radius 2 is 0.860 bits per heavy atom. The first-order valence-corrected chi connectivity index (χ1v) is 16.7. The van der Waals surface area contributed by atoms with Gasteiger partial charge in [0, 0.05) is 32.8 Å². The fourth-order valence-corrected chi connectivity index (χ4v) is 7.07. The van der Waals surface area contributed by atoms with Crippen LogP contribution in [0.3, 0.4) is 0 Å². The zero-order valence-corrected chi connectivity index (χ0v) is 26.9. The van der Waals surface area contributed by atoms with Gasteiger partial charge in [-0.3, -0.25) is 0 Å². The van der Waals surface area contributed by atoms with E-state index in [2.05, 4.69) is 133 Å². The molecule has 10 rings (SSSR count). The van der Waals surface area contributed by atoms with Gasteiger partial charge in [0.2, 0.25) is 0 Å². The monoisotopic (exact) mass is 640 g/mol. The molecule has 0 saturated heterocycles. The zero-order valence-electron chi connectivity index (χ0n) is 26.9. The average Bonchev–Trinajstić information content (AvgIpc) is 3.77. The predicted molar refractivity (Wildman–Crippen MR) is 204 cm³/mol. The molecule has 0 bridgehead atoms. The van der Waals surface area contributed by atoms with Crippen LogP contribution in [-0.2, 0) is 0 Å². The van der Waals surface area contributed by atoms with Crippen LogP contribution in [0.2, 0.25) is 0 Å². The van der Waals surface area contributed by atoms with Gasteiger partial charge in [0.15, 0.2) is 11.4 Å². The first kappa shape index (κ1) is 28.3. The summed E-state index contributed by atoms with van der Waals surface area (Å²) >= 11 is 0. The van der Waals surface area contributed by atoms with Crippen LogP contribution in [-0.4, -0.2) is 9.97 Å². The number of para-hydroxylation sites is 3. The van der Waals surface area contributed by atoms with Crippen LogP contribution in [0.1, 0.15) is 0 Å². The zero-order chi connectivity index (χ0) is 33.0. The van der Waals surface area contributed by atoms with E-state index in [1.165, 1.54) is 0 Å². The highest BCUT2D eigenvalue weighted by Crippen LogP contribution is 2.39. The number of rotatable bonds is 5. The van der Waals surface area contributed by atoms with E-state index < -0.39 is 0 Å². The van der Waals surface area contributed by atoms with E-state index in [1.807, 2.05) is 36.4 Å². The van der Waals surface area contributed by atoms with E-state index in [9.17, 15) is 0 Å². The van der Waals surface area contributed by atoms with Crippen molar-refractivity contribution < 1.29 is 8.83 Å². The summed E-state index contributed by atoms with van der Waals surface area (Å²) in [6.07, 6.45) is 0. The number of nitrogens with zero attached hydrogens (tertiary/aromatic N) is 2. The summed E-state index contributed by atoms with van der Waals surface area (Å²) < 4.78 is 12.9. The van der Waals surface area contributed by atoms with Crippen LogP contribution in [0.15, 0.2) is 179 Å². The Balaban J connectivity index is 1.11. The van der Waals surface area contributed by atoms with Crippen LogP contribution in [0.25, 0.3) is 100 Å². The SMILES string of the molecule is c1ccc(-c2cccc(-c3nc(-c4cccc(-c5cccc(-c6cccc7c6oc6ccccc67)c5)c4)c4oc5ccccc5c4n3)c2)cc1. The minimum absolute atomic E-state index is 0.656. The molecule has 0 aliphatic heterocycles. The normalized spacial score (nSPS) is 11.6. The number of benzene rings is 7. The summed E-state index contributed by atoms with van der Waals surface area (Å²) in [5, 5.41) is 3.21. The topological polar surface area (TPSA) is 52.1 Å². The van der Waals surface area contributed by atoms with Crippen molar-refractivity contribution in [2.24, 2.45) is 0 Å². The van der Waals surface area contributed by atoms with Crippen molar-refractivity contribution in [3.63, 3.8) is 0 Å². The maximum absolute atomic E-state index is 6.47. The summed E-state index contributed by atoms with van der Waals surface area (Å²) in [6, 6.07) is 58.6. The van der Waals surface area contributed by atoms with E-state index >= 15 is 0 Å². The highest BCUT2D eigenvalue weighted by atomic mass is 16.3. The summed E-state index contributed by atoms with van der Waals surface area (Å²) in [6.45, 7) is 0. The summed E-state index contributed by atoms with van der Waals surface area (Å²) in [5.41, 5.74) is 13.3. The largest absolute Gasteiger partial charge is 0.455 e. The molecule has 4 nitrogen and oxygen atoms in total. The lowest BCUT2D eigenvalue weighted by molar-refractivity contribution is 0.667. The van der Waals surface area contributed by atoms with E-state index in [-0.39, 0.29) is 0 Å². The highest BCUT2D eigenvalue weighted by Gasteiger charge is 2.19. The summed E-state index contributed by atoms with van der Waals surface area (Å²) in [4.78, 5) is 10.3. The van der Waals surface area contributed by atoms with Gasteiger partial charge in [-0.05, 0) is 64.2 Å². The van der Waals surface area contributed by atoms with Gasteiger partial charge in [-0.1, -0.05) is 133 Å². The molecule has 0 amide bonds. The van der Waals surface area contributed by atoms with Crippen molar-refractivity contribution in [2.75, 3.05) is 0 Å². The lowest BCUT2D eigenvalue weighted by Crippen LogP contribution is -1.94. The molecule has 0 saturated carbocycles. The molecule has 7 aromatic carbocycles. The van der Waals surface area contributed by atoms with E-state index in [0.29, 0.717) is 11.4 Å². The molecule has 0 fully saturated rings. The molecule has 0 atom stereocenters. The molecule has 0 unspecified atom stereocenters. The lowest BCUT2D eigenvalue weighted by Gasteiger charge is -2.10. The van der Waals surface area contributed by atoms with Crippen molar-refractivity contribution in [2.45, 2.75) is 0 Å². The minimum atomic E-state index is 0.656. The number of hydrogen-bond donors (Lipinski definition) is 0. The number of furan rings is 2. The van der Waals surface area contributed by atoms with Crippen molar-refractivity contribution in [3.8, 4) is 56.0 Å². The van der Waals surface area contributed by atoms with Crippen molar-refractivity contribution in [1.29, 1.82) is 0 Å². The summed E-state index contributed by atoms with van der Waals surface area (Å²) in [5.74, 6) is 0.656. The molecule has 0 aliphatic carbocycles. The second-order valence-electron chi connectivity index (χ2n) is 12.6. The first-order valence-electron chi connectivity index (χ1n) is 16.7. The van der Waals surface area contributed by atoms with Crippen molar-refractivity contribution in [3.05, 3.63) is 170 Å². The van der Waals surface area contributed by atoms with Gasteiger partial charge in [-0.2, -0.15) is 0 Å². The van der Waals surface area contributed by atoms with Gasteiger partial charge < -0.3 is 8.83 Å².